The maximum absolute atomic E-state index is 13.5. The van der Waals surface area contributed by atoms with Crippen molar-refractivity contribution < 1.29 is 4.79 Å². The second kappa shape index (κ2) is 8.84. The Kier molecular flexibility index (Phi) is 6.47. The number of rotatable bonds is 7. The van der Waals surface area contributed by atoms with Crippen LogP contribution in [0.2, 0.25) is 0 Å². The van der Waals surface area contributed by atoms with Gasteiger partial charge in [-0.2, -0.15) is 0 Å². The zero-order valence-electron chi connectivity index (χ0n) is 17.5. The highest BCUT2D eigenvalue weighted by Crippen LogP contribution is 2.33. The first-order chi connectivity index (χ1) is 13.4. The van der Waals surface area contributed by atoms with Crippen LogP contribution in [0.4, 0.5) is 5.13 Å². The number of carbonyl (C=O) groups excluding carboxylic acids is 1. The zero-order chi connectivity index (χ0) is 20.3. The number of aromatic nitrogens is 1. The van der Waals surface area contributed by atoms with Crippen molar-refractivity contribution in [3.63, 3.8) is 0 Å². The van der Waals surface area contributed by atoms with Crippen LogP contribution in [-0.2, 0) is 0 Å². The lowest BCUT2D eigenvalue weighted by Gasteiger charge is -2.25. The van der Waals surface area contributed by atoms with E-state index < -0.39 is 0 Å². The summed E-state index contributed by atoms with van der Waals surface area (Å²) in [7, 11) is 0. The van der Waals surface area contributed by atoms with Crippen LogP contribution in [0.25, 0.3) is 10.2 Å². The lowest BCUT2D eigenvalue weighted by molar-refractivity contribution is 0.0983. The van der Waals surface area contributed by atoms with Gasteiger partial charge in [0.1, 0.15) is 0 Å². The summed E-state index contributed by atoms with van der Waals surface area (Å²) in [6, 6.07) is 12.1. The molecule has 0 atom stereocenters. The van der Waals surface area contributed by atoms with Crippen molar-refractivity contribution in [2.45, 2.75) is 34.6 Å². The van der Waals surface area contributed by atoms with Crippen molar-refractivity contribution in [2.24, 2.45) is 0 Å². The van der Waals surface area contributed by atoms with Crippen molar-refractivity contribution in [1.29, 1.82) is 0 Å². The SMILES string of the molecule is CCN(CC)CCN(C(=O)c1ccccc1C)c1nc2cc(C)cc(C)c2s1. The Morgan fingerprint density at radius 1 is 1.00 bits per heavy atom. The molecule has 1 heterocycles. The molecule has 0 saturated carbocycles. The Labute approximate surface area is 171 Å². The van der Waals surface area contributed by atoms with Gasteiger partial charge in [0.15, 0.2) is 5.13 Å². The van der Waals surface area contributed by atoms with E-state index in [0.29, 0.717) is 6.54 Å². The second-order valence-electron chi connectivity index (χ2n) is 7.23. The van der Waals surface area contributed by atoms with Gasteiger partial charge in [0, 0.05) is 18.7 Å². The lowest BCUT2D eigenvalue weighted by Crippen LogP contribution is -2.39. The molecule has 0 saturated heterocycles. The number of carbonyl (C=O) groups is 1. The smallest absolute Gasteiger partial charge is 0.260 e. The van der Waals surface area contributed by atoms with E-state index in [1.54, 1.807) is 11.3 Å². The number of fused-ring (bicyclic) bond motifs is 1. The highest BCUT2D eigenvalue weighted by atomic mass is 32.1. The number of likely N-dealkylation sites (N-methyl/N-ethyl adjacent to an activating group) is 1. The number of hydrogen-bond donors (Lipinski definition) is 0. The van der Waals surface area contributed by atoms with Crippen LogP contribution in [0.1, 0.15) is 40.9 Å². The monoisotopic (exact) mass is 395 g/mol. The molecule has 1 aromatic heterocycles. The summed E-state index contributed by atoms with van der Waals surface area (Å²) in [5.41, 5.74) is 5.12. The molecule has 0 radical (unpaired) electrons. The standard InChI is InChI=1S/C23H29N3OS/c1-6-25(7-2)12-13-26(22(27)19-11-9-8-10-17(19)4)23-24-20-15-16(3)14-18(5)21(20)28-23/h8-11,14-15H,6-7,12-13H2,1-5H3. The van der Waals surface area contributed by atoms with Gasteiger partial charge < -0.3 is 4.90 Å². The molecule has 1 amide bonds. The molecule has 0 bridgehead atoms. The summed E-state index contributed by atoms with van der Waals surface area (Å²) in [6.07, 6.45) is 0. The molecule has 28 heavy (non-hydrogen) atoms. The van der Waals surface area contributed by atoms with E-state index in [9.17, 15) is 4.79 Å². The lowest BCUT2D eigenvalue weighted by atomic mass is 10.1. The van der Waals surface area contributed by atoms with Crippen LogP contribution in [0.3, 0.4) is 0 Å². The minimum absolute atomic E-state index is 0.0266. The van der Waals surface area contributed by atoms with Crippen LogP contribution in [0.15, 0.2) is 36.4 Å². The van der Waals surface area contributed by atoms with E-state index in [2.05, 4.69) is 44.7 Å². The Hall–Kier alpha value is -2.24. The molecule has 0 spiro atoms. The summed E-state index contributed by atoms with van der Waals surface area (Å²) >= 11 is 1.61. The summed E-state index contributed by atoms with van der Waals surface area (Å²) in [4.78, 5) is 22.5. The third-order valence-corrected chi connectivity index (χ3v) is 6.42. The van der Waals surface area contributed by atoms with Gasteiger partial charge in [0.05, 0.1) is 10.2 Å². The molecule has 0 fully saturated rings. The molecule has 0 aliphatic rings. The van der Waals surface area contributed by atoms with Gasteiger partial charge >= 0.3 is 0 Å². The molecule has 148 valence electrons. The number of hydrogen-bond acceptors (Lipinski definition) is 4. The number of nitrogens with zero attached hydrogens (tertiary/aromatic N) is 3. The van der Waals surface area contributed by atoms with Gasteiger partial charge in [-0.1, -0.05) is 49.4 Å². The quantitative estimate of drug-likeness (QED) is 0.551. The number of thiazole rings is 1. The highest BCUT2D eigenvalue weighted by Gasteiger charge is 2.23. The molecule has 2 aromatic carbocycles. The van der Waals surface area contributed by atoms with Crippen LogP contribution >= 0.6 is 11.3 Å². The first-order valence-electron chi connectivity index (χ1n) is 9.92. The Balaban J connectivity index is 2.02. The Morgan fingerprint density at radius 3 is 2.39 bits per heavy atom. The van der Waals surface area contributed by atoms with Crippen LogP contribution in [0.5, 0.6) is 0 Å². The molecule has 0 aliphatic heterocycles. The fourth-order valence-electron chi connectivity index (χ4n) is 3.50. The van der Waals surface area contributed by atoms with E-state index in [4.69, 9.17) is 4.98 Å². The molecule has 0 aliphatic carbocycles. The second-order valence-corrected chi connectivity index (χ2v) is 8.20. The fourth-order valence-corrected chi connectivity index (χ4v) is 4.54. The van der Waals surface area contributed by atoms with E-state index in [-0.39, 0.29) is 5.91 Å². The number of amides is 1. The average molecular weight is 396 g/mol. The number of anilines is 1. The summed E-state index contributed by atoms with van der Waals surface area (Å²) < 4.78 is 1.16. The van der Waals surface area contributed by atoms with Crippen molar-refractivity contribution in [1.82, 2.24) is 9.88 Å². The summed E-state index contributed by atoms with van der Waals surface area (Å²) in [6.45, 7) is 13.9. The van der Waals surface area contributed by atoms with Crippen LogP contribution < -0.4 is 4.90 Å². The maximum Gasteiger partial charge on any atom is 0.260 e. The first kappa shape index (κ1) is 20.5. The van der Waals surface area contributed by atoms with Gasteiger partial charge in [-0.15, -0.1) is 0 Å². The largest absolute Gasteiger partial charge is 0.302 e. The van der Waals surface area contributed by atoms with Crippen LogP contribution in [-0.4, -0.2) is 42.0 Å². The molecule has 0 N–H and O–H groups in total. The predicted octanol–water partition coefficient (Wildman–Crippen LogP) is 5.21. The third-order valence-electron chi connectivity index (χ3n) is 5.19. The Bertz CT molecular complexity index is 975. The third kappa shape index (κ3) is 4.26. The number of benzene rings is 2. The zero-order valence-corrected chi connectivity index (χ0v) is 18.3. The first-order valence-corrected chi connectivity index (χ1v) is 10.7. The van der Waals surface area contributed by atoms with Crippen molar-refractivity contribution >= 4 is 32.6 Å². The normalized spacial score (nSPS) is 11.4. The van der Waals surface area contributed by atoms with Gasteiger partial charge in [0.25, 0.3) is 5.91 Å². The van der Waals surface area contributed by atoms with Gasteiger partial charge in [-0.3, -0.25) is 9.69 Å². The van der Waals surface area contributed by atoms with Crippen molar-refractivity contribution in [3.05, 3.63) is 58.7 Å². The Morgan fingerprint density at radius 2 is 1.71 bits per heavy atom. The highest BCUT2D eigenvalue weighted by molar-refractivity contribution is 7.22. The number of aryl methyl sites for hydroxylation is 3. The van der Waals surface area contributed by atoms with Crippen LogP contribution in [0, 0.1) is 20.8 Å². The minimum Gasteiger partial charge on any atom is -0.302 e. The topological polar surface area (TPSA) is 36.4 Å². The molecule has 5 heteroatoms. The summed E-state index contributed by atoms with van der Waals surface area (Å²) in [5, 5.41) is 0.782. The maximum atomic E-state index is 13.5. The molecule has 3 rings (SSSR count). The van der Waals surface area contributed by atoms with Gasteiger partial charge in [-0.05, 0) is 62.7 Å². The predicted molar refractivity (Wildman–Crippen MR) is 120 cm³/mol. The van der Waals surface area contributed by atoms with E-state index >= 15 is 0 Å². The van der Waals surface area contributed by atoms with Gasteiger partial charge in [-0.25, -0.2) is 4.98 Å². The van der Waals surface area contributed by atoms with E-state index in [0.717, 1.165) is 46.1 Å². The molecule has 3 aromatic rings. The summed E-state index contributed by atoms with van der Waals surface area (Å²) in [5.74, 6) is 0.0266. The van der Waals surface area contributed by atoms with Gasteiger partial charge in [0.2, 0.25) is 0 Å². The minimum atomic E-state index is 0.0266. The van der Waals surface area contributed by atoms with E-state index in [1.165, 1.54) is 11.1 Å². The molecule has 0 unspecified atom stereocenters. The van der Waals surface area contributed by atoms with Crippen molar-refractivity contribution in [3.8, 4) is 0 Å². The molecular weight excluding hydrogens is 366 g/mol. The average Bonchev–Trinajstić information content (AvgIpc) is 3.09. The van der Waals surface area contributed by atoms with Crippen molar-refractivity contribution in [2.75, 3.05) is 31.1 Å². The fraction of sp³-hybridized carbons (Fsp3) is 0.391. The molecule has 4 nitrogen and oxygen atoms in total. The molecular formula is C23H29N3OS. The van der Waals surface area contributed by atoms with E-state index in [1.807, 2.05) is 36.1 Å².